The standard InChI is InChI=1S/C18H26ClN3O2S/c1-12-7-17(2,3)10-18(8-12)15(23)22(16(24)20-18)11-21(4)9-13-5-6-14(19)25-13/h5-6,12H,7-11H2,1-4H3,(H,20,24). The van der Waals surface area contributed by atoms with Crippen LogP contribution in [0.3, 0.4) is 0 Å². The number of hydrogen-bond acceptors (Lipinski definition) is 4. The van der Waals surface area contributed by atoms with Gasteiger partial charge in [-0.1, -0.05) is 32.4 Å². The lowest BCUT2D eigenvalue weighted by molar-refractivity contribution is -0.136. The summed E-state index contributed by atoms with van der Waals surface area (Å²) in [5.74, 6) is 0.340. The molecule has 3 rings (SSSR count). The minimum absolute atomic E-state index is 0.0518. The maximum atomic E-state index is 13.1. The number of amides is 3. The second kappa shape index (κ2) is 6.56. The molecule has 2 unspecified atom stereocenters. The zero-order valence-corrected chi connectivity index (χ0v) is 16.8. The van der Waals surface area contributed by atoms with Crippen molar-refractivity contribution >= 4 is 34.9 Å². The van der Waals surface area contributed by atoms with Crippen molar-refractivity contribution in [2.24, 2.45) is 11.3 Å². The summed E-state index contributed by atoms with van der Waals surface area (Å²) in [6, 6.07) is 3.57. The summed E-state index contributed by atoms with van der Waals surface area (Å²) in [4.78, 5) is 30.1. The minimum Gasteiger partial charge on any atom is -0.323 e. The highest BCUT2D eigenvalue weighted by molar-refractivity contribution is 7.16. The van der Waals surface area contributed by atoms with Crippen LogP contribution in [0, 0.1) is 11.3 Å². The fourth-order valence-electron chi connectivity index (χ4n) is 4.63. The molecule has 2 aliphatic rings. The number of halogens is 1. The van der Waals surface area contributed by atoms with Gasteiger partial charge in [-0.15, -0.1) is 11.3 Å². The van der Waals surface area contributed by atoms with Crippen molar-refractivity contribution < 1.29 is 9.59 Å². The summed E-state index contributed by atoms with van der Waals surface area (Å²) >= 11 is 7.49. The van der Waals surface area contributed by atoms with E-state index >= 15 is 0 Å². The summed E-state index contributed by atoms with van der Waals surface area (Å²) in [5.41, 5.74) is -0.679. The van der Waals surface area contributed by atoms with Crippen molar-refractivity contribution in [1.82, 2.24) is 15.1 Å². The van der Waals surface area contributed by atoms with Crippen molar-refractivity contribution in [2.45, 2.75) is 52.1 Å². The first-order valence-corrected chi connectivity index (χ1v) is 9.87. The Kier molecular flexibility index (Phi) is 4.90. The van der Waals surface area contributed by atoms with Crippen LogP contribution in [0.5, 0.6) is 0 Å². The number of nitrogens with one attached hydrogen (secondary N) is 1. The molecule has 3 amide bonds. The first-order valence-electron chi connectivity index (χ1n) is 8.67. The van der Waals surface area contributed by atoms with Crippen molar-refractivity contribution in [2.75, 3.05) is 13.7 Å². The maximum absolute atomic E-state index is 13.1. The highest BCUT2D eigenvalue weighted by Gasteiger charge is 2.56. The molecule has 0 aromatic carbocycles. The average molecular weight is 384 g/mol. The van der Waals surface area contributed by atoms with Gasteiger partial charge in [-0.2, -0.15) is 0 Å². The van der Waals surface area contributed by atoms with E-state index in [2.05, 4.69) is 26.1 Å². The number of rotatable bonds is 4. The van der Waals surface area contributed by atoms with E-state index in [0.29, 0.717) is 18.9 Å². The molecule has 2 fully saturated rings. The van der Waals surface area contributed by atoms with E-state index < -0.39 is 5.54 Å². The molecule has 2 atom stereocenters. The van der Waals surface area contributed by atoms with Crippen molar-refractivity contribution in [3.63, 3.8) is 0 Å². The van der Waals surface area contributed by atoms with Crippen LogP contribution in [0.15, 0.2) is 12.1 Å². The number of carbonyl (C=O) groups is 2. The lowest BCUT2D eigenvalue weighted by Crippen LogP contribution is -2.54. The Bertz CT molecular complexity index is 690. The van der Waals surface area contributed by atoms with E-state index in [4.69, 9.17) is 11.6 Å². The minimum atomic E-state index is -0.731. The Hall–Kier alpha value is -1.11. The number of imide groups is 1. The van der Waals surface area contributed by atoms with E-state index in [9.17, 15) is 9.59 Å². The molecule has 1 spiro atoms. The highest BCUT2D eigenvalue weighted by atomic mass is 35.5. The van der Waals surface area contributed by atoms with Crippen LogP contribution in [0.4, 0.5) is 4.79 Å². The van der Waals surface area contributed by atoms with Gasteiger partial charge >= 0.3 is 6.03 Å². The van der Waals surface area contributed by atoms with Crippen molar-refractivity contribution in [1.29, 1.82) is 0 Å². The van der Waals surface area contributed by atoms with Gasteiger partial charge in [-0.3, -0.25) is 9.69 Å². The fourth-order valence-corrected chi connectivity index (χ4v) is 5.80. The third-order valence-corrected chi connectivity index (χ3v) is 6.28. The van der Waals surface area contributed by atoms with Gasteiger partial charge in [0.15, 0.2) is 0 Å². The molecule has 1 aromatic heterocycles. The Morgan fingerprint density at radius 2 is 2.08 bits per heavy atom. The van der Waals surface area contributed by atoms with Crippen LogP contribution >= 0.6 is 22.9 Å². The molecule has 0 radical (unpaired) electrons. The molecule has 1 aliphatic carbocycles. The second-order valence-corrected chi connectivity index (χ2v) is 10.3. The Balaban J connectivity index is 1.71. The van der Waals surface area contributed by atoms with Gasteiger partial charge in [0.05, 0.1) is 11.0 Å². The van der Waals surface area contributed by atoms with Gasteiger partial charge in [0.25, 0.3) is 5.91 Å². The lowest BCUT2D eigenvalue weighted by Gasteiger charge is -2.43. The molecule has 1 N–H and O–H groups in total. The van der Waals surface area contributed by atoms with Crippen LogP contribution in [-0.4, -0.2) is 41.0 Å². The van der Waals surface area contributed by atoms with Crippen LogP contribution in [0.2, 0.25) is 4.34 Å². The number of carbonyl (C=O) groups excluding carboxylic acids is 2. The van der Waals surface area contributed by atoms with Crippen molar-refractivity contribution in [3.8, 4) is 0 Å². The van der Waals surface area contributed by atoms with Gasteiger partial charge in [0.1, 0.15) is 5.54 Å². The molecule has 7 heteroatoms. The molecule has 1 aromatic rings. The normalized spacial score (nSPS) is 28.9. The molecule has 25 heavy (non-hydrogen) atoms. The number of urea groups is 1. The van der Waals surface area contributed by atoms with Gasteiger partial charge in [-0.25, -0.2) is 9.69 Å². The largest absolute Gasteiger partial charge is 0.326 e. The molecular weight excluding hydrogens is 358 g/mol. The SMILES string of the molecule is CC1CC(C)(C)CC2(C1)NC(=O)N(CN(C)Cc1ccc(Cl)s1)C2=O. The van der Waals surface area contributed by atoms with Crippen LogP contribution in [-0.2, 0) is 11.3 Å². The Morgan fingerprint density at radius 3 is 2.68 bits per heavy atom. The summed E-state index contributed by atoms with van der Waals surface area (Å²) < 4.78 is 0.746. The van der Waals surface area contributed by atoms with Gasteiger partial charge < -0.3 is 5.32 Å². The average Bonchev–Trinajstić information content (AvgIpc) is 2.94. The number of hydrogen-bond donors (Lipinski definition) is 1. The zero-order valence-electron chi connectivity index (χ0n) is 15.3. The van der Waals surface area contributed by atoms with Crippen molar-refractivity contribution in [3.05, 3.63) is 21.3 Å². The highest BCUT2D eigenvalue weighted by Crippen LogP contribution is 2.46. The molecule has 5 nitrogen and oxygen atoms in total. The summed E-state index contributed by atoms with van der Waals surface area (Å²) in [7, 11) is 1.91. The number of thiophene rings is 1. The van der Waals surface area contributed by atoms with Gasteiger partial charge in [-0.05, 0) is 49.8 Å². The third-order valence-electron chi connectivity index (χ3n) is 5.06. The molecule has 138 valence electrons. The summed E-state index contributed by atoms with van der Waals surface area (Å²) in [6.45, 7) is 7.47. The lowest BCUT2D eigenvalue weighted by atomic mass is 9.64. The monoisotopic (exact) mass is 383 g/mol. The molecule has 1 saturated carbocycles. The maximum Gasteiger partial charge on any atom is 0.326 e. The molecular formula is C18H26ClN3O2S. The van der Waals surface area contributed by atoms with Crippen LogP contribution in [0.25, 0.3) is 0 Å². The predicted molar refractivity (Wildman–Crippen MR) is 101 cm³/mol. The van der Waals surface area contributed by atoms with Gasteiger partial charge in [0.2, 0.25) is 0 Å². The van der Waals surface area contributed by atoms with E-state index in [1.54, 1.807) is 0 Å². The molecule has 1 aliphatic heterocycles. The topological polar surface area (TPSA) is 52.7 Å². The first-order chi connectivity index (χ1) is 11.6. The number of nitrogens with zero attached hydrogens (tertiary/aromatic N) is 2. The molecule has 2 heterocycles. The van der Waals surface area contributed by atoms with Gasteiger partial charge in [0, 0.05) is 11.4 Å². The molecule has 1 saturated heterocycles. The van der Waals surface area contributed by atoms with E-state index in [-0.39, 0.29) is 24.0 Å². The quantitative estimate of drug-likeness (QED) is 0.801. The fraction of sp³-hybridized carbons (Fsp3) is 0.667. The summed E-state index contributed by atoms with van der Waals surface area (Å²) in [5, 5.41) is 3.02. The van der Waals surface area contributed by atoms with Crippen LogP contribution in [0.1, 0.15) is 44.9 Å². The Labute approximate surface area is 158 Å². The third kappa shape index (κ3) is 3.86. The molecule has 0 bridgehead atoms. The van der Waals surface area contributed by atoms with E-state index in [1.165, 1.54) is 16.2 Å². The van der Waals surface area contributed by atoms with Crippen LogP contribution < -0.4 is 5.32 Å². The predicted octanol–water partition coefficient (Wildman–Crippen LogP) is 3.93. The first kappa shape index (κ1) is 18.7. The second-order valence-electron chi connectivity index (χ2n) is 8.46. The van der Waals surface area contributed by atoms with E-state index in [1.807, 2.05) is 24.1 Å². The van der Waals surface area contributed by atoms with E-state index in [0.717, 1.165) is 22.1 Å². The summed E-state index contributed by atoms with van der Waals surface area (Å²) in [6.07, 6.45) is 2.51. The zero-order chi connectivity index (χ0) is 18.4. The Morgan fingerprint density at radius 1 is 1.36 bits per heavy atom. The smallest absolute Gasteiger partial charge is 0.323 e.